The van der Waals surface area contributed by atoms with E-state index in [0.717, 1.165) is 0 Å². The average molecular weight is 490 g/mol. The summed E-state index contributed by atoms with van der Waals surface area (Å²) in [4.78, 5) is 0. The number of hydrogen-bond donors (Lipinski definition) is 0. The monoisotopic (exact) mass is 490 g/mol. The highest BCUT2D eigenvalue weighted by Gasteiger charge is 2.20. The van der Waals surface area contributed by atoms with Gasteiger partial charge in [0.15, 0.2) is 7.14 Å². The van der Waals surface area contributed by atoms with Gasteiger partial charge in [0.2, 0.25) is 0 Å². The van der Waals surface area contributed by atoms with Crippen LogP contribution in [0.1, 0.15) is 54.1 Å². The molecule has 0 aliphatic rings. The van der Waals surface area contributed by atoms with Crippen LogP contribution >= 0.6 is 0 Å². The lowest BCUT2D eigenvalue weighted by Crippen LogP contribution is -3.61. The predicted octanol–water partition coefficient (Wildman–Crippen LogP) is 1.18. The Labute approximate surface area is 169 Å². The molecular weight excluding hydrogens is 463 g/mol. The van der Waals surface area contributed by atoms with Crippen LogP contribution in [0, 0.1) is 7.14 Å². The molecule has 6 heteroatoms. The molecule has 0 saturated carbocycles. The molecule has 0 aliphatic carbocycles. The Balaban J connectivity index is 0.00000100. The molecule has 0 unspecified atom stereocenters. The Hall–Kier alpha value is -0.960. The quantitative estimate of drug-likeness (QED) is 0.360. The Morgan fingerprint density at radius 3 is 1.12 bits per heavy atom. The van der Waals surface area contributed by atoms with Crippen molar-refractivity contribution in [1.29, 1.82) is 0 Å². The van der Waals surface area contributed by atoms with Gasteiger partial charge in [0, 0.05) is 10.4 Å². The van der Waals surface area contributed by atoms with Gasteiger partial charge in [-0.05, 0) is 46.2 Å². The van der Waals surface area contributed by atoms with Crippen LogP contribution < -0.4 is 21.2 Å². The zero-order valence-corrected chi connectivity index (χ0v) is 19.0. The summed E-state index contributed by atoms with van der Waals surface area (Å²) < 4.78 is 37.1. The average Bonchev–Trinajstić information content (AvgIpc) is 2.45. The highest BCUT2D eigenvalue weighted by atomic mass is 127. The molecule has 4 nitrogen and oxygen atoms in total. The molecule has 0 spiro atoms. The van der Waals surface area contributed by atoms with E-state index in [1.54, 1.807) is 0 Å². The van der Waals surface area contributed by atoms with E-state index in [1.807, 2.05) is 0 Å². The van der Waals surface area contributed by atoms with Crippen LogP contribution in [-0.4, -0.2) is 17.5 Å². The fraction of sp³-hybridized carbons (Fsp3) is 0.400. The smallest absolute Gasteiger partial charge is 0.759 e. The SMILES string of the molecule is CC(C)(C)c1ccc([I+]c2ccc(C(C)(C)C)cc2)cc1.O=S(=O)([O-])[O-].[H+]. The maximum absolute atomic E-state index is 8.52. The van der Waals surface area contributed by atoms with Gasteiger partial charge < -0.3 is 9.11 Å². The first kappa shape index (κ1) is 23.1. The molecule has 0 aromatic heterocycles. The van der Waals surface area contributed by atoms with Gasteiger partial charge >= 0.3 is 22.6 Å². The second kappa shape index (κ2) is 8.82. The van der Waals surface area contributed by atoms with Gasteiger partial charge in [-0.15, -0.1) is 0 Å². The van der Waals surface area contributed by atoms with E-state index >= 15 is 0 Å². The van der Waals surface area contributed by atoms with Gasteiger partial charge in [0.1, 0.15) is 0 Å². The minimum absolute atomic E-state index is 0. The number of hydrogen-bond acceptors (Lipinski definition) is 4. The molecule has 0 atom stereocenters. The maximum atomic E-state index is 8.52. The topological polar surface area (TPSA) is 80.3 Å². The Morgan fingerprint density at radius 2 is 0.923 bits per heavy atom. The highest BCUT2D eigenvalue weighted by molar-refractivity contribution is 7.79. The Kier molecular flexibility index (Phi) is 7.83. The molecule has 0 heterocycles. The van der Waals surface area contributed by atoms with Crippen molar-refractivity contribution in [1.82, 2.24) is 0 Å². The summed E-state index contributed by atoms with van der Waals surface area (Å²) in [5.74, 6) is 0. The third-order valence-electron chi connectivity index (χ3n) is 3.64. The Morgan fingerprint density at radius 1 is 0.692 bits per heavy atom. The molecule has 0 fully saturated rings. The summed E-state index contributed by atoms with van der Waals surface area (Å²) >= 11 is -0.0703. The van der Waals surface area contributed by atoms with Gasteiger partial charge in [0.25, 0.3) is 0 Å². The first-order valence-corrected chi connectivity index (χ1v) is 11.7. The molecule has 2 aromatic rings. The molecule has 2 aromatic carbocycles. The third-order valence-corrected chi connectivity index (χ3v) is 6.32. The summed E-state index contributed by atoms with van der Waals surface area (Å²) in [6, 6.07) is 18.4. The van der Waals surface area contributed by atoms with Crippen LogP contribution in [0.4, 0.5) is 0 Å². The summed E-state index contributed by atoms with van der Waals surface area (Å²) in [5.41, 5.74) is 3.31. The maximum Gasteiger partial charge on any atom is 1.00 e. The van der Waals surface area contributed by atoms with E-state index in [0.29, 0.717) is 0 Å². The fourth-order valence-electron chi connectivity index (χ4n) is 2.15. The van der Waals surface area contributed by atoms with E-state index in [1.165, 1.54) is 18.3 Å². The van der Waals surface area contributed by atoms with Crippen LogP contribution in [0.3, 0.4) is 0 Å². The van der Waals surface area contributed by atoms with E-state index in [-0.39, 0.29) is 33.5 Å². The summed E-state index contributed by atoms with van der Waals surface area (Å²) in [7, 11) is -5.17. The minimum atomic E-state index is -5.17. The van der Waals surface area contributed by atoms with Gasteiger partial charge in [-0.1, -0.05) is 65.8 Å². The van der Waals surface area contributed by atoms with E-state index in [4.69, 9.17) is 17.5 Å². The van der Waals surface area contributed by atoms with E-state index in [2.05, 4.69) is 90.1 Å². The standard InChI is InChI=1S/C20H26I.H2O4S/c1-19(2,3)15-7-11-17(12-8-15)21-18-13-9-16(10-14-18)20(4,5)6;1-5(2,3)4/h7-14H,1-6H3;(H2,1,2,3,4)/q+1;/p-1. The number of halogens is 1. The third kappa shape index (κ3) is 9.12. The van der Waals surface area contributed by atoms with Crippen LogP contribution in [0.25, 0.3) is 0 Å². The lowest BCUT2D eigenvalue weighted by atomic mass is 9.87. The van der Waals surface area contributed by atoms with Crippen molar-refractivity contribution in [3.8, 4) is 0 Å². The molecule has 0 N–H and O–H groups in total. The van der Waals surface area contributed by atoms with Crippen molar-refractivity contribution in [2.75, 3.05) is 0 Å². The minimum Gasteiger partial charge on any atom is -0.759 e. The first-order valence-electron chi connectivity index (χ1n) is 8.19. The van der Waals surface area contributed by atoms with Gasteiger partial charge in [-0.25, -0.2) is 0 Å². The van der Waals surface area contributed by atoms with Crippen LogP contribution in [0.15, 0.2) is 48.5 Å². The molecule has 0 aliphatic heterocycles. The van der Waals surface area contributed by atoms with Crippen LogP contribution in [0.2, 0.25) is 0 Å². The van der Waals surface area contributed by atoms with Crippen molar-refractivity contribution in [3.63, 3.8) is 0 Å². The molecule has 0 bridgehead atoms. The van der Waals surface area contributed by atoms with Crippen molar-refractivity contribution < 1.29 is 40.2 Å². The summed E-state index contributed by atoms with van der Waals surface area (Å²) in [5, 5.41) is 0. The summed E-state index contributed by atoms with van der Waals surface area (Å²) in [6.45, 7) is 13.6. The van der Waals surface area contributed by atoms with Crippen LogP contribution in [-0.2, 0) is 21.2 Å². The van der Waals surface area contributed by atoms with Gasteiger partial charge in [-0.2, -0.15) is 0 Å². The predicted molar refractivity (Wildman–Crippen MR) is 99.3 cm³/mol. The fourth-order valence-corrected chi connectivity index (χ4v) is 4.31. The van der Waals surface area contributed by atoms with Crippen LogP contribution in [0.5, 0.6) is 0 Å². The molecule has 144 valence electrons. The Bertz CT molecular complexity index is 740. The molecule has 2 rings (SSSR count). The van der Waals surface area contributed by atoms with Crippen molar-refractivity contribution in [2.45, 2.75) is 52.4 Å². The largest absolute Gasteiger partial charge is 1.00 e. The van der Waals surface area contributed by atoms with Gasteiger partial charge in [-0.3, -0.25) is 8.42 Å². The molecule has 0 saturated heterocycles. The van der Waals surface area contributed by atoms with E-state index < -0.39 is 10.4 Å². The molecule has 26 heavy (non-hydrogen) atoms. The lowest BCUT2D eigenvalue weighted by molar-refractivity contribution is -0.597. The second-order valence-corrected chi connectivity index (χ2v) is 11.9. The van der Waals surface area contributed by atoms with E-state index in [9.17, 15) is 0 Å². The van der Waals surface area contributed by atoms with Crippen molar-refractivity contribution >= 4 is 10.4 Å². The number of benzene rings is 2. The van der Waals surface area contributed by atoms with Gasteiger partial charge in [0.05, 0.1) is 0 Å². The summed E-state index contributed by atoms with van der Waals surface area (Å²) in [6.07, 6.45) is 0. The van der Waals surface area contributed by atoms with Crippen molar-refractivity contribution in [2.24, 2.45) is 0 Å². The lowest BCUT2D eigenvalue weighted by Gasteiger charge is -2.18. The molecule has 0 radical (unpaired) electrons. The zero-order chi connectivity index (χ0) is 20.2. The highest BCUT2D eigenvalue weighted by Crippen LogP contribution is 2.21. The van der Waals surface area contributed by atoms with Crippen molar-refractivity contribution in [3.05, 3.63) is 66.8 Å². The normalized spacial score (nSPS) is 12.3. The molecular formula is C20H27IO4S. The second-order valence-electron chi connectivity index (χ2n) is 8.02. The zero-order valence-electron chi connectivity index (χ0n) is 17.0. The number of rotatable bonds is 2. The molecule has 0 amide bonds. The first-order chi connectivity index (χ1) is 11.7.